The van der Waals surface area contributed by atoms with Crippen LogP contribution in [-0.4, -0.2) is 195 Å². The van der Waals surface area contributed by atoms with E-state index in [1.54, 1.807) is 0 Å². The first-order valence-electron chi connectivity index (χ1n) is 32.6. The fraction of sp³-hybridized carbons (Fsp3) is 0.484. The van der Waals surface area contributed by atoms with Gasteiger partial charge in [0.2, 0.25) is 11.9 Å². The molecule has 72 heteroatoms. The molecule has 0 fully saturated rings. The maximum atomic E-state index is 16.6. The summed E-state index contributed by atoms with van der Waals surface area (Å²) in [4.78, 5) is 26.3. The van der Waals surface area contributed by atoms with Crippen LogP contribution in [0.2, 0.25) is 0 Å². The molecule has 1 aliphatic heterocycles. The van der Waals surface area contributed by atoms with Gasteiger partial charge in [0.1, 0.15) is 34.2 Å². The molecule has 1 aromatic carbocycles. The summed E-state index contributed by atoms with van der Waals surface area (Å²) in [5.74, 6) is -196. The summed E-state index contributed by atoms with van der Waals surface area (Å²) < 4.78 is 874. The Balaban J connectivity index is 1.52. The highest BCUT2D eigenvalue weighted by atomic mass is 19.5. The molecule has 0 saturated carbocycles. The highest BCUT2D eigenvalue weighted by Gasteiger charge is 2.92. The van der Waals surface area contributed by atoms with E-state index in [-0.39, 0.29) is 34.1 Å². The lowest BCUT2D eigenvalue weighted by atomic mass is 9.92. The number of para-hydroxylation sites is 2. The van der Waals surface area contributed by atoms with E-state index in [1.807, 2.05) is 0 Å². The lowest BCUT2D eigenvalue weighted by Gasteiger charge is -2.38. The van der Waals surface area contributed by atoms with E-state index in [9.17, 15) is 176 Å². The van der Waals surface area contributed by atoms with Crippen LogP contribution in [0.4, 0.5) is 287 Å². The highest BCUT2D eigenvalue weighted by Crippen LogP contribution is 2.67. The third-order valence-electron chi connectivity index (χ3n) is 18.3. The molecule has 134 heavy (non-hydrogen) atoms. The Hall–Kier alpha value is -10.8. The zero-order valence-corrected chi connectivity index (χ0v) is 60.7. The Morgan fingerprint density at radius 1 is 0.216 bits per heavy atom. The zero-order valence-electron chi connectivity index (χ0n) is 60.7. The van der Waals surface area contributed by atoms with Gasteiger partial charge in [-0.1, -0.05) is 12.1 Å². The quantitative estimate of drug-likeness (QED) is 0.0397. The minimum atomic E-state index is -8.83. The summed E-state index contributed by atoms with van der Waals surface area (Å²) in [6.07, 6.45) is -46.4. The van der Waals surface area contributed by atoms with Crippen molar-refractivity contribution in [2.45, 2.75) is 168 Å². The first-order valence-corrected chi connectivity index (χ1v) is 32.6. The van der Waals surface area contributed by atoms with Gasteiger partial charge in [0.25, 0.3) is 0 Å². The number of benzene rings is 1. The van der Waals surface area contributed by atoms with Crippen molar-refractivity contribution >= 4 is 23.3 Å². The maximum Gasteiger partial charge on any atom is 0.460 e. The van der Waals surface area contributed by atoms with Gasteiger partial charge in [-0.05, 0) is 60.7 Å². The Bertz CT molecular complexity index is 5210. The first kappa shape index (κ1) is 109. The van der Waals surface area contributed by atoms with Crippen molar-refractivity contribution in [1.82, 2.24) is 49.8 Å². The number of halogens is 60. The number of anilines is 4. The predicted octanol–water partition coefficient (Wildman–Crippen LogP) is 25.1. The van der Waals surface area contributed by atoms with Crippen molar-refractivity contribution in [1.29, 1.82) is 0 Å². The van der Waals surface area contributed by atoms with Gasteiger partial charge < -0.3 is 9.80 Å². The summed E-state index contributed by atoms with van der Waals surface area (Å²) in [5.41, 5.74) is -36.9. The number of pyridine rings is 4. The largest absolute Gasteiger partial charge is 0.460 e. The van der Waals surface area contributed by atoms with Gasteiger partial charge in [0, 0.05) is 47.7 Å². The molecule has 748 valence electrons. The van der Waals surface area contributed by atoms with Crippen LogP contribution in [0, 0.1) is 0 Å². The topological polar surface area (TPSA) is 135 Å². The molecule has 6 aromatic heterocycles. The highest BCUT2D eigenvalue weighted by molar-refractivity contribution is 5.82. The fourth-order valence-corrected chi connectivity index (χ4v) is 10.7. The van der Waals surface area contributed by atoms with Crippen molar-refractivity contribution in [3.05, 3.63) is 119 Å². The van der Waals surface area contributed by atoms with E-state index in [1.165, 1.54) is 9.97 Å². The molecule has 0 saturated heterocycles. The summed E-state index contributed by atoms with van der Waals surface area (Å²) in [7, 11) is 0. The number of aromatic nitrogens is 10. The molecule has 0 radical (unpaired) electrons. The molecular formula is C62H20F60N12. The Morgan fingerprint density at radius 3 is 0.679 bits per heavy atom. The van der Waals surface area contributed by atoms with Crippen LogP contribution >= 0.6 is 0 Å². The average molecular weight is 2070 g/mol. The van der Waals surface area contributed by atoms with Gasteiger partial charge in [0.15, 0.2) is 23.3 Å². The predicted molar refractivity (Wildman–Crippen MR) is 312 cm³/mol. The Labute approximate surface area is 691 Å². The second-order valence-electron chi connectivity index (χ2n) is 26.7. The summed E-state index contributed by atoms with van der Waals surface area (Å²) in [6.45, 7) is -3.75. The molecule has 0 aliphatic carbocycles. The number of nitrogens with zero attached hydrogens (tertiary/aromatic N) is 12. The van der Waals surface area contributed by atoms with Crippen molar-refractivity contribution < 1.29 is 263 Å². The lowest BCUT2D eigenvalue weighted by molar-refractivity contribution is -0.415. The molecule has 0 N–H and O–H groups in total. The van der Waals surface area contributed by atoms with Gasteiger partial charge in [0.05, 0.1) is 11.4 Å². The lowest BCUT2D eigenvalue weighted by Crippen LogP contribution is -2.68. The second kappa shape index (κ2) is 31.9. The van der Waals surface area contributed by atoms with Crippen molar-refractivity contribution in [2.75, 3.05) is 22.9 Å². The molecule has 0 atom stereocenters. The van der Waals surface area contributed by atoms with E-state index in [0.29, 0.717) is 12.1 Å². The monoisotopic (exact) mass is 2070 g/mol. The normalized spacial score (nSPS) is 15.8. The van der Waals surface area contributed by atoms with Crippen LogP contribution in [0.15, 0.2) is 85.2 Å². The van der Waals surface area contributed by atoms with E-state index in [2.05, 4.69) is 39.9 Å². The molecule has 0 amide bonds. The molecule has 0 bridgehead atoms. The second-order valence-corrected chi connectivity index (χ2v) is 26.7. The van der Waals surface area contributed by atoms with Crippen molar-refractivity contribution in [3.63, 3.8) is 0 Å². The number of fused-ring (bicyclic) bond motifs is 1. The molecular weight excluding hydrogens is 2050 g/mol. The number of hydrogen-bond donors (Lipinski definition) is 0. The van der Waals surface area contributed by atoms with Crippen LogP contribution in [0.1, 0.15) is 34.2 Å². The van der Waals surface area contributed by atoms with Gasteiger partial charge >= 0.3 is 168 Å². The van der Waals surface area contributed by atoms with Gasteiger partial charge in [-0.3, -0.25) is 9.97 Å². The molecule has 0 unspecified atom stereocenters. The van der Waals surface area contributed by atoms with Gasteiger partial charge in [-0.25, -0.2) is 37.5 Å². The molecule has 1 aliphatic rings. The van der Waals surface area contributed by atoms with Crippen LogP contribution in [0.25, 0.3) is 45.6 Å². The maximum absolute atomic E-state index is 16.6. The van der Waals surface area contributed by atoms with Crippen molar-refractivity contribution in [3.8, 4) is 45.6 Å². The molecule has 12 nitrogen and oxygen atoms in total. The Morgan fingerprint density at radius 2 is 0.440 bits per heavy atom. The standard InChI is InChI=1S/C62H20F60N12/c63-33(64)43(79,80)51(95,96)53(99,100)45(83,84)37(67,68)23-9-5-17(15-123-23)29-127-30(18-6-10-24(124-16-18)38(69,70)46(85,86)54(101,102)52(97,98)44(81,82)34(65)66)130-35(129-29)133-13-14-134(22-4-2-1-3-21(22)133)36-131-31(19-7-11-25(39(71,72)47(87,88)55(103,104)59(111,112)113)125-27(19)41(75,76)49(91,92)57(107,108)61(117,118)119)128-32(132-36)20-8-12-26(40(73,74)48(89,90)56(105,106)60(114,115)116)126-28(20)42(77,78)50(93,94)58(109,110)62(120,121)122/h1-12,15-16,33-34H,13-14H2. The Kier molecular flexibility index (Phi) is 25.9. The number of rotatable bonds is 30. The summed E-state index contributed by atoms with van der Waals surface area (Å²) in [5, 5.41) is 0. The molecule has 7 heterocycles. The minimum absolute atomic E-state index is 0.0936. The van der Waals surface area contributed by atoms with Gasteiger partial charge in [-0.15, -0.1) is 0 Å². The first-order chi connectivity index (χ1) is 59.3. The third kappa shape index (κ3) is 15.6. The van der Waals surface area contributed by atoms with E-state index in [0.717, 1.165) is 0 Å². The summed E-state index contributed by atoms with van der Waals surface area (Å²) >= 11 is 0. The van der Waals surface area contributed by atoms with Crippen LogP contribution in [0.3, 0.4) is 0 Å². The molecule has 7 aromatic rings. The van der Waals surface area contributed by atoms with Crippen LogP contribution in [-0.2, 0) is 35.5 Å². The average Bonchev–Trinajstić information content (AvgIpc) is 0.718. The minimum Gasteiger partial charge on any atom is -0.307 e. The molecule has 8 rings (SSSR count). The van der Waals surface area contributed by atoms with E-state index < -0.39 is 333 Å². The summed E-state index contributed by atoms with van der Waals surface area (Å²) in [6, 6.07) is -7.47. The number of hydrogen-bond acceptors (Lipinski definition) is 12. The number of alkyl halides is 60. The third-order valence-corrected chi connectivity index (χ3v) is 18.3. The van der Waals surface area contributed by atoms with Crippen molar-refractivity contribution in [2.24, 2.45) is 0 Å². The van der Waals surface area contributed by atoms with Gasteiger partial charge in [-0.2, -0.15) is 266 Å². The smallest absolute Gasteiger partial charge is 0.307 e. The fourth-order valence-electron chi connectivity index (χ4n) is 10.7. The molecule has 0 spiro atoms. The van der Waals surface area contributed by atoms with Crippen LogP contribution in [0.5, 0.6) is 0 Å². The zero-order chi connectivity index (χ0) is 104. The van der Waals surface area contributed by atoms with Crippen LogP contribution < -0.4 is 9.80 Å². The van der Waals surface area contributed by atoms with E-state index in [4.69, 9.17) is 0 Å². The SMILES string of the molecule is FC(F)C(F)(F)C(F)(F)C(F)(F)C(F)(F)C(F)(F)c1ccc(-c2nc(-c3ccc(C(F)(F)C(F)(F)C(F)(F)C(F)(F)C(F)(F)C(F)F)nc3)nc(N3CCN(c4nc(-c5ccc(C(F)(F)C(F)(F)C(F)(F)C(F)(F)F)nc5C(F)(F)C(F)(F)C(F)(F)C(F)(F)F)nc(-c5ccc(C(F)(F)C(F)(F)C(F)(F)C(F)(F)F)nc5C(F)(F)C(F)(F)C(F)(F)C(F)(F)F)n4)c4ccccc43)n2)cn1. The van der Waals surface area contributed by atoms with E-state index >= 15 is 87.8 Å².